The van der Waals surface area contributed by atoms with E-state index in [1.54, 1.807) is 6.07 Å². The highest BCUT2D eigenvalue weighted by Crippen LogP contribution is 2.42. The van der Waals surface area contributed by atoms with Crippen LogP contribution in [-0.4, -0.2) is 47.1 Å². The normalized spacial score (nSPS) is 23.2. The van der Waals surface area contributed by atoms with Gasteiger partial charge in [0.25, 0.3) is 0 Å². The average molecular weight is 337 g/mol. The first-order valence-corrected chi connectivity index (χ1v) is 8.94. The van der Waals surface area contributed by atoms with Crippen molar-refractivity contribution in [1.29, 1.82) is 0 Å². The van der Waals surface area contributed by atoms with Gasteiger partial charge in [0.2, 0.25) is 5.91 Å². The van der Waals surface area contributed by atoms with Crippen LogP contribution in [0.25, 0.3) is 0 Å². The lowest BCUT2D eigenvalue weighted by atomic mass is 9.71. The third-order valence-corrected chi connectivity index (χ3v) is 5.41. The van der Waals surface area contributed by atoms with Crippen molar-refractivity contribution in [1.82, 2.24) is 9.88 Å². The molecule has 5 nitrogen and oxygen atoms in total. The number of amides is 1. The molecule has 0 radical (unpaired) electrons. The van der Waals surface area contributed by atoms with Crippen molar-refractivity contribution in [2.45, 2.75) is 18.8 Å². The molecule has 1 aromatic carbocycles. The summed E-state index contributed by atoms with van der Waals surface area (Å²) in [5.41, 5.74) is 1.36. The van der Waals surface area contributed by atoms with E-state index in [-0.39, 0.29) is 11.7 Å². The Labute approximate surface area is 147 Å². The van der Waals surface area contributed by atoms with Gasteiger partial charge in [-0.05, 0) is 36.5 Å². The second-order valence-corrected chi connectivity index (χ2v) is 6.96. The van der Waals surface area contributed by atoms with Crippen LogP contribution >= 0.6 is 0 Å². The molecule has 2 aromatic rings. The number of carbonyl (C=O) groups excluding carboxylic acids is 1. The van der Waals surface area contributed by atoms with Crippen molar-refractivity contribution >= 4 is 11.7 Å². The smallest absolute Gasteiger partial charge is 0.225 e. The molecule has 4 rings (SSSR count). The Hall–Kier alpha value is -2.56. The summed E-state index contributed by atoms with van der Waals surface area (Å²) >= 11 is 0. The van der Waals surface area contributed by atoms with Crippen LogP contribution in [0.5, 0.6) is 5.75 Å². The van der Waals surface area contributed by atoms with Crippen LogP contribution in [-0.2, 0) is 4.79 Å². The van der Waals surface area contributed by atoms with Gasteiger partial charge in [0.15, 0.2) is 0 Å². The van der Waals surface area contributed by atoms with Gasteiger partial charge in [-0.1, -0.05) is 30.3 Å². The summed E-state index contributed by atoms with van der Waals surface area (Å²) in [6, 6.07) is 14.0. The number of hydrogen-bond acceptors (Lipinski definition) is 4. The van der Waals surface area contributed by atoms with E-state index in [0.717, 1.165) is 44.8 Å². The minimum absolute atomic E-state index is 0.176. The number of hydrogen-bond donors (Lipinski definition) is 1. The number of aromatic nitrogens is 1. The molecule has 25 heavy (non-hydrogen) atoms. The van der Waals surface area contributed by atoms with Crippen molar-refractivity contribution in [3.8, 4) is 5.75 Å². The van der Waals surface area contributed by atoms with Crippen LogP contribution < -0.4 is 4.90 Å². The summed E-state index contributed by atoms with van der Waals surface area (Å²) in [6.45, 7) is 3.07. The van der Waals surface area contributed by atoms with Crippen LogP contribution in [0.15, 0.2) is 48.7 Å². The predicted molar refractivity (Wildman–Crippen MR) is 96.6 cm³/mol. The Morgan fingerprint density at radius 3 is 2.36 bits per heavy atom. The van der Waals surface area contributed by atoms with Gasteiger partial charge in [-0.15, -0.1) is 0 Å². The molecule has 1 amide bonds. The number of anilines is 1. The topological polar surface area (TPSA) is 56.7 Å². The monoisotopic (exact) mass is 337 g/mol. The standard InChI is InChI=1S/C20H23N3O2/c24-18-6-7-19(21-14-18)22-8-10-23(11-9-22)20(25)17-12-16(13-17)15-4-2-1-3-5-15/h1-7,14,16-17,24H,8-13H2. The second-order valence-electron chi connectivity index (χ2n) is 6.96. The molecular formula is C20H23N3O2. The average Bonchev–Trinajstić information content (AvgIpc) is 2.62. The molecule has 0 unspecified atom stereocenters. The zero-order chi connectivity index (χ0) is 17.2. The number of aromatic hydroxyl groups is 1. The molecule has 1 saturated carbocycles. The molecule has 2 heterocycles. The van der Waals surface area contributed by atoms with E-state index in [4.69, 9.17) is 0 Å². The van der Waals surface area contributed by atoms with Gasteiger partial charge in [-0.2, -0.15) is 0 Å². The lowest BCUT2D eigenvalue weighted by Gasteiger charge is -2.41. The number of rotatable bonds is 3. The molecule has 2 fully saturated rings. The Bertz CT molecular complexity index is 718. The fourth-order valence-corrected chi connectivity index (χ4v) is 3.80. The summed E-state index contributed by atoms with van der Waals surface area (Å²) in [6.07, 6.45) is 3.41. The highest BCUT2D eigenvalue weighted by atomic mass is 16.3. The molecular weight excluding hydrogens is 314 g/mol. The predicted octanol–water partition coefficient (Wildman–Crippen LogP) is 2.63. The molecule has 1 saturated heterocycles. The van der Waals surface area contributed by atoms with Gasteiger partial charge in [0, 0.05) is 32.1 Å². The highest BCUT2D eigenvalue weighted by molar-refractivity contribution is 5.80. The van der Waals surface area contributed by atoms with Gasteiger partial charge >= 0.3 is 0 Å². The summed E-state index contributed by atoms with van der Waals surface area (Å²) in [5.74, 6) is 2.07. The SMILES string of the molecule is O=C(C1CC(c2ccccc2)C1)N1CCN(c2ccc(O)cn2)CC1. The van der Waals surface area contributed by atoms with Crippen LogP contribution in [0.3, 0.4) is 0 Å². The van der Waals surface area contributed by atoms with E-state index in [1.807, 2.05) is 17.0 Å². The molecule has 0 atom stereocenters. The van der Waals surface area contributed by atoms with Crippen molar-refractivity contribution in [3.63, 3.8) is 0 Å². The van der Waals surface area contributed by atoms with E-state index in [2.05, 4.69) is 34.1 Å². The Balaban J connectivity index is 1.28. The van der Waals surface area contributed by atoms with E-state index >= 15 is 0 Å². The zero-order valence-electron chi connectivity index (χ0n) is 14.2. The number of nitrogens with zero attached hydrogens (tertiary/aromatic N) is 3. The second kappa shape index (κ2) is 6.75. The van der Waals surface area contributed by atoms with Gasteiger partial charge in [-0.25, -0.2) is 4.98 Å². The quantitative estimate of drug-likeness (QED) is 0.935. The van der Waals surface area contributed by atoms with Crippen molar-refractivity contribution < 1.29 is 9.90 Å². The summed E-state index contributed by atoms with van der Waals surface area (Å²) in [4.78, 5) is 21.1. The third kappa shape index (κ3) is 3.31. The Morgan fingerprint density at radius 1 is 1.00 bits per heavy atom. The fraction of sp³-hybridized carbons (Fsp3) is 0.400. The van der Waals surface area contributed by atoms with Gasteiger partial charge < -0.3 is 14.9 Å². The molecule has 1 aliphatic heterocycles. The van der Waals surface area contributed by atoms with Gasteiger partial charge in [0.05, 0.1) is 6.20 Å². The largest absolute Gasteiger partial charge is 0.506 e. The van der Waals surface area contributed by atoms with Crippen LogP contribution in [0.4, 0.5) is 5.82 Å². The third-order valence-electron chi connectivity index (χ3n) is 5.41. The maximum absolute atomic E-state index is 12.7. The summed E-state index contributed by atoms with van der Waals surface area (Å²) in [7, 11) is 0. The van der Waals surface area contributed by atoms with Gasteiger partial charge in [-0.3, -0.25) is 4.79 Å². The number of benzene rings is 1. The lowest BCUT2D eigenvalue weighted by Crippen LogP contribution is -2.52. The Morgan fingerprint density at radius 2 is 1.72 bits per heavy atom. The van der Waals surface area contributed by atoms with E-state index in [1.165, 1.54) is 11.8 Å². The maximum Gasteiger partial charge on any atom is 0.225 e. The van der Waals surface area contributed by atoms with Crippen molar-refractivity contribution in [2.75, 3.05) is 31.1 Å². The lowest BCUT2D eigenvalue weighted by molar-refractivity contribution is -0.139. The summed E-state index contributed by atoms with van der Waals surface area (Å²) in [5, 5.41) is 9.33. The molecule has 2 aliphatic rings. The first-order valence-electron chi connectivity index (χ1n) is 8.94. The van der Waals surface area contributed by atoms with E-state index < -0.39 is 0 Å². The molecule has 5 heteroatoms. The van der Waals surface area contributed by atoms with Crippen LogP contribution in [0, 0.1) is 5.92 Å². The maximum atomic E-state index is 12.7. The number of carbonyl (C=O) groups is 1. The van der Waals surface area contributed by atoms with E-state index in [0.29, 0.717) is 11.8 Å². The molecule has 0 spiro atoms. The van der Waals surface area contributed by atoms with E-state index in [9.17, 15) is 9.90 Å². The number of piperazine rings is 1. The minimum Gasteiger partial charge on any atom is -0.506 e. The summed E-state index contributed by atoms with van der Waals surface area (Å²) < 4.78 is 0. The minimum atomic E-state index is 0.176. The number of pyridine rings is 1. The molecule has 1 aromatic heterocycles. The highest BCUT2D eigenvalue weighted by Gasteiger charge is 2.38. The first kappa shape index (κ1) is 15.9. The van der Waals surface area contributed by atoms with Crippen LogP contribution in [0.1, 0.15) is 24.3 Å². The molecule has 0 bridgehead atoms. The molecule has 130 valence electrons. The molecule has 1 aliphatic carbocycles. The molecule has 1 N–H and O–H groups in total. The van der Waals surface area contributed by atoms with Crippen molar-refractivity contribution in [3.05, 3.63) is 54.2 Å². The van der Waals surface area contributed by atoms with Crippen LogP contribution in [0.2, 0.25) is 0 Å². The zero-order valence-corrected chi connectivity index (χ0v) is 14.2. The van der Waals surface area contributed by atoms with Gasteiger partial charge in [0.1, 0.15) is 11.6 Å². The van der Waals surface area contributed by atoms with Crippen molar-refractivity contribution in [2.24, 2.45) is 5.92 Å². The first-order chi connectivity index (χ1) is 12.2. The Kier molecular flexibility index (Phi) is 4.30. The fourth-order valence-electron chi connectivity index (χ4n) is 3.80.